The van der Waals surface area contributed by atoms with E-state index < -0.39 is 0 Å². The van der Waals surface area contributed by atoms with Gasteiger partial charge in [-0.3, -0.25) is 4.79 Å². The molecule has 0 spiro atoms. The summed E-state index contributed by atoms with van der Waals surface area (Å²) in [5, 5.41) is 0. The molecule has 0 fully saturated rings. The molecule has 0 unspecified atom stereocenters. The number of primary amides is 1. The van der Waals surface area contributed by atoms with E-state index in [-0.39, 0.29) is 12.5 Å². The number of carbonyl (C=O) groups is 1. The molecule has 4 nitrogen and oxygen atoms in total. The van der Waals surface area contributed by atoms with Crippen molar-refractivity contribution in [3.63, 3.8) is 0 Å². The molecule has 2 N–H and O–H groups in total. The van der Waals surface area contributed by atoms with Gasteiger partial charge in [-0.05, 0) is 40.4 Å². The number of nitrogens with zero attached hydrogens (tertiary/aromatic N) is 2. The van der Waals surface area contributed by atoms with E-state index in [2.05, 4.69) is 34.8 Å². The highest BCUT2D eigenvalue weighted by molar-refractivity contribution is 9.10. The Morgan fingerprint density at radius 3 is 2.71 bits per heavy atom. The lowest BCUT2D eigenvalue weighted by Gasteiger charge is -2.25. The SMILES string of the molecule is Cc1cc(Br)cnc1N(CC(N)=O)CC(C)C. The molecule has 1 heterocycles. The molecule has 0 radical (unpaired) electrons. The van der Waals surface area contributed by atoms with Crippen molar-refractivity contribution >= 4 is 27.7 Å². The quantitative estimate of drug-likeness (QED) is 0.906. The number of aryl methyl sites for hydroxylation is 1. The summed E-state index contributed by atoms with van der Waals surface area (Å²) in [6, 6.07) is 1.98. The fraction of sp³-hybridized carbons (Fsp3) is 0.500. The van der Waals surface area contributed by atoms with Crippen LogP contribution in [0.4, 0.5) is 5.82 Å². The first kappa shape index (κ1) is 14.0. The van der Waals surface area contributed by atoms with Crippen LogP contribution in [0.3, 0.4) is 0 Å². The molecule has 0 bridgehead atoms. The van der Waals surface area contributed by atoms with Gasteiger partial charge in [0.2, 0.25) is 5.91 Å². The van der Waals surface area contributed by atoms with E-state index in [1.807, 2.05) is 17.9 Å². The number of anilines is 1. The fourth-order valence-corrected chi connectivity index (χ4v) is 2.16. The first-order chi connectivity index (χ1) is 7.90. The van der Waals surface area contributed by atoms with Crippen LogP contribution in [-0.4, -0.2) is 24.0 Å². The van der Waals surface area contributed by atoms with Crippen molar-refractivity contribution in [2.45, 2.75) is 20.8 Å². The average Bonchev–Trinajstić information content (AvgIpc) is 2.14. The molecule has 1 amide bonds. The predicted molar refractivity (Wildman–Crippen MR) is 72.9 cm³/mol. The lowest BCUT2D eigenvalue weighted by atomic mass is 10.2. The molecule has 0 aliphatic rings. The molecule has 0 aliphatic carbocycles. The Bertz CT molecular complexity index is 407. The molecule has 94 valence electrons. The van der Waals surface area contributed by atoms with Crippen LogP contribution in [0, 0.1) is 12.8 Å². The van der Waals surface area contributed by atoms with Crippen LogP contribution in [0.15, 0.2) is 16.7 Å². The summed E-state index contributed by atoms with van der Waals surface area (Å²) < 4.78 is 0.933. The standard InChI is InChI=1S/C12H18BrN3O/c1-8(2)6-16(7-11(14)17)12-9(3)4-10(13)5-15-12/h4-5,8H,6-7H2,1-3H3,(H2,14,17). The van der Waals surface area contributed by atoms with Crippen LogP contribution >= 0.6 is 15.9 Å². The highest BCUT2D eigenvalue weighted by Crippen LogP contribution is 2.21. The van der Waals surface area contributed by atoms with Crippen LogP contribution in [-0.2, 0) is 4.79 Å². The van der Waals surface area contributed by atoms with Crippen molar-refractivity contribution in [3.8, 4) is 0 Å². The summed E-state index contributed by atoms with van der Waals surface area (Å²) in [4.78, 5) is 17.4. The highest BCUT2D eigenvalue weighted by atomic mass is 79.9. The number of hydrogen-bond acceptors (Lipinski definition) is 3. The minimum absolute atomic E-state index is 0.202. The van der Waals surface area contributed by atoms with Gasteiger partial charge in [0.1, 0.15) is 5.82 Å². The van der Waals surface area contributed by atoms with Gasteiger partial charge in [0.25, 0.3) is 0 Å². The fourth-order valence-electron chi connectivity index (χ4n) is 1.72. The smallest absolute Gasteiger partial charge is 0.236 e. The zero-order valence-electron chi connectivity index (χ0n) is 10.4. The number of carbonyl (C=O) groups excluding carboxylic acids is 1. The van der Waals surface area contributed by atoms with E-state index in [4.69, 9.17) is 5.73 Å². The van der Waals surface area contributed by atoms with E-state index in [1.165, 1.54) is 0 Å². The van der Waals surface area contributed by atoms with Gasteiger partial charge < -0.3 is 10.6 Å². The van der Waals surface area contributed by atoms with Crippen molar-refractivity contribution in [1.82, 2.24) is 4.98 Å². The van der Waals surface area contributed by atoms with Gasteiger partial charge in [-0.1, -0.05) is 13.8 Å². The summed E-state index contributed by atoms with van der Waals surface area (Å²) in [6.45, 7) is 7.14. The second kappa shape index (κ2) is 6.00. The maximum Gasteiger partial charge on any atom is 0.236 e. The number of aromatic nitrogens is 1. The summed E-state index contributed by atoms with van der Waals surface area (Å²) in [7, 11) is 0. The normalized spacial score (nSPS) is 10.6. The molecule has 1 aromatic heterocycles. The van der Waals surface area contributed by atoms with Gasteiger partial charge in [-0.2, -0.15) is 0 Å². The van der Waals surface area contributed by atoms with Gasteiger partial charge in [0, 0.05) is 17.2 Å². The van der Waals surface area contributed by atoms with Gasteiger partial charge in [-0.25, -0.2) is 4.98 Å². The largest absolute Gasteiger partial charge is 0.368 e. The Balaban J connectivity index is 2.98. The van der Waals surface area contributed by atoms with Crippen molar-refractivity contribution in [2.24, 2.45) is 11.7 Å². The summed E-state index contributed by atoms with van der Waals surface area (Å²) >= 11 is 3.37. The van der Waals surface area contributed by atoms with Gasteiger partial charge in [0.05, 0.1) is 6.54 Å². The first-order valence-corrected chi connectivity index (χ1v) is 6.35. The number of rotatable bonds is 5. The molecule has 1 aromatic rings. The lowest BCUT2D eigenvalue weighted by molar-refractivity contribution is -0.116. The molecule has 1 rings (SSSR count). The maximum absolute atomic E-state index is 11.1. The van der Waals surface area contributed by atoms with Crippen LogP contribution in [0.2, 0.25) is 0 Å². The van der Waals surface area contributed by atoms with Crippen molar-refractivity contribution < 1.29 is 4.79 Å². The highest BCUT2D eigenvalue weighted by Gasteiger charge is 2.14. The third kappa shape index (κ3) is 4.34. The minimum atomic E-state index is -0.338. The molecule has 5 heteroatoms. The maximum atomic E-state index is 11.1. The summed E-state index contributed by atoms with van der Waals surface area (Å²) in [5.41, 5.74) is 6.30. The zero-order valence-corrected chi connectivity index (χ0v) is 12.0. The molecule has 0 atom stereocenters. The van der Waals surface area contributed by atoms with E-state index in [0.717, 1.165) is 22.4 Å². The van der Waals surface area contributed by atoms with Crippen LogP contribution in [0.1, 0.15) is 19.4 Å². The number of amides is 1. The molecule has 0 aromatic carbocycles. The Labute approximate surface area is 110 Å². The minimum Gasteiger partial charge on any atom is -0.368 e. The lowest BCUT2D eigenvalue weighted by Crippen LogP contribution is -2.37. The third-order valence-corrected chi connectivity index (χ3v) is 2.68. The molecule has 0 saturated heterocycles. The average molecular weight is 300 g/mol. The monoisotopic (exact) mass is 299 g/mol. The first-order valence-electron chi connectivity index (χ1n) is 5.55. The number of nitrogens with two attached hydrogens (primary N) is 1. The van der Waals surface area contributed by atoms with Crippen LogP contribution < -0.4 is 10.6 Å². The van der Waals surface area contributed by atoms with Crippen molar-refractivity contribution in [3.05, 3.63) is 22.3 Å². The van der Waals surface area contributed by atoms with Crippen molar-refractivity contribution in [2.75, 3.05) is 18.0 Å². The molecule has 17 heavy (non-hydrogen) atoms. The Morgan fingerprint density at radius 2 is 2.24 bits per heavy atom. The van der Waals surface area contributed by atoms with Gasteiger partial charge in [-0.15, -0.1) is 0 Å². The van der Waals surface area contributed by atoms with Gasteiger partial charge >= 0.3 is 0 Å². The summed E-state index contributed by atoms with van der Waals surface area (Å²) in [6.07, 6.45) is 1.73. The Morgan fingerprint density at radius 1 is 1.59 bits per heavy atom. The van der Waals surface area contributed by atoms with E-state index in [1.54, 1.807) is 6.20 Å². The zero-order chi connectivity index (χ0) is 13.0. The Kier molecular flexibility index (Phi) is 4.93. The molecular formula is C12H18BrN3O. The third-order valence-electron chi connectivity index (χ3n) is 2.25. The Hall–Kier alpha value is -1.10. The van der Waals surface area contributed by atoms with Crippen LogP contribution in [0.5, 0.6) is 0 Å². The second-order valence-corrected chi connectivity index (χ2v) is 5.45. The molecule has 0 aliphatic heterocycles. The number of hydrogen-bond donors (Lipinski definition) is 1. The van der Waals surface area contributed by atoms with E-state index >= 15 is 0 Å². The topological polar surface area (TPSA) is 59.2 Å². The number of halogens is 1. The molecular weight excluding hydrogens is 282 g/mol. The number of pyridine rings is 1. The predicted octanol–water partition coefficient (Wildman–Crippen LogP) is 2.10. The van der Waals surface area contributed by atoms with Crippen molar-refractivity contribution in [1.29, 1.82) is 0 Å². The van der Waals surface area contributed by atoms with Gasteiger partial charge in [0.15, 0.2) is 0 Å². The van der Waals surface area contributed by atoms with Crippen LogP contribution in [0.25, 0.3) is 0 Å². The summed E-state index contributed by atoms with van der Waals surface area (Å²) in [5.74, 6) is 0.926. The molecule has 0 saturated carbocycles. The van der Waals surface area contributed by atoms with E-state index in [9.17, 15) is 4.79 Å². The second-order valence-electron chi connectivity index (χ2n) is 4.53. The van der Waals surface area contributed by atoms with E-state index in [0.29, 0.717) is 5.92 Å².